The summed E-state index contributed by atoms with van der Waals surface area (Å²) in [6.45, 7) is 2.07. The second-order valence-corrected chi connectivity index (χ2v) is 5.65. The first-order valence-electron chi connectivity index (χ1n) is 6.04. The van der Waals surface area contributed by atoms with Crippen LogP contribution in [0.1, 0.15) is 36.0 Å². The second-order valence-electron chi connectivity index (χ2n) is 4.63. The van der Waals surface area contributed by atoms with E-state index in [2.05, 4.69) is 17.1 Å². The molecule has 4 nitrogen and oxygen atoms in total. The summed E-state index contributed by atoms with van der Waals surface area (Å²) in [4.78, 5) is 5.58. The van der Waals surface area contributed by atoms with Gasteiger partial charge < -0.3 is 10.3 Å². The zero-order chi connectivity index (χ0) is 12.5. The van der Waals surface area contributed by atoms with Gasteiger partial charge in [-0.05, 0) is 37.5 Å². The second kappa shape index (κ2) is 4.65. The molecule has 1 aliphatic rings. The van der Waals surface area contributed by atoms with E-state index >= 15 is 0 Å². The van der Waals surface area contributed by atoms with Crippen LogP contribution >= 0.6 is 11.8 Å². The lowest BCUT2D eigenvalue weighted by molar-refractivity contribution is 0.385. The van der Waals surface area contributed by atoms with Crippen LogP contribution in [-0.4, -0.2) is 10.1 Å². The molecule has 0 atom stereocenters. The number of aryl methyl sites for hydroxylation is 1. The number of nitrogen functional groups attached to an aromatic ring is 1. The zero-order valence-corrected chi connectivity index (χ0v) is 11.0. The zero-order valence-electron chi connectivity index (χ0n) is 10.2. The highest BCUT2D eigenvalue weighted by Crippen LogP contribution is 2.38. The Hall–Kier alpha value is -1.49. The van der Waals surface area contributed by atoms with E-state index in [1.54, 1.807) is 11.8 Å². The molecule has 1 aliphatic carbocycles. The van der Waals surface area contributed by atoms with Crippen LogP contribution in [0.5, 0.6) is 0 Å². The molecule has 0 aliphatic heterocycles. The smallest absolute Gasteiger partial charge is 0.237 e. The number of nitrogens with two attached hydrogens (primary N) is 1. The van der Waals surface area contributed by atoms with E-state index in [1.165, 1.54) is 23.3 Å². The largest absolute Gasteiger partial charge is 0.399 e. The summed E-state index contributed by atoms with van der Waals surface area (Å²) in [7, 11) is 0. The van der Waals surface area contributed by atoms with Crippen molar-refractivity contribution in [2.75, 3.05) is 5.73 Å². The molecular weight excluding hydrogens is 246 g/mol. The Balaban J connectivity index is 1.67. The van der Waals surface area contributed by atoms with Crippen LogP contribution in [0.3, 0.4) is 0 Å². The molecule has 0 saturated heterocycles. The van der Waals surface area contributed by atoms with Gasteiger partial charge in [0.05, 0.1) is 5.75 Å². The van der Waals surface area contributed by atoms with Gasteiger partial charge in [0.25, 0.3) is 0 Å². The van der Waals surface area contributed by atoms with Gasteiger partial charge in [0.1, 0.15) is 0 Å². The molecule has 94 valence electrons. The van der Waals surface area contributed by atoms with E-state index in [-0.39, 0.29) is 0 Å². The molecule has 2 N–H and O–H groups in total. The number of thioether (sulfide) groups is 1. The van der Waals surface area contributed by atoms with Crippen molar-refractivity contribution in [1.82, 2.24) is 10.1 Å². The number of hydrogen-bond acceptors (Lipinski definition) is 5. The summed E-state index contributed by atoms with van der Waals surface area (Å²) in [5, 5.41) is 4.01. The third-order valence-electron chi connectivity index (χ3n) is 2.99. The number of anilines is 1. The average Bonchev–Trinajstić information content (AvgIpc) is 3.10. The van der Waals surface area contributed by atoms with Crippen molar-refractivity contribution in [2.24, 2.45) is 0 Å². The molecule has 3 rings (SSSR count). The number of benzene rings is 1. The van der Waals surface area contributed by atoms with Crippen molar-refractivity contribution in [1.29, 1.82) is 0 Å². The summed E-state index contributed by atoms with van der Waals surface area (Å²) in [6.07, 6.45) is 2.39. The molecule has 1 aromatic heterocycles. The van der Waals surface area contributed by atoms with Gasteiger partial charge in [-0.1, -0.05) is 11.2 Å². The van der Waals surface area contributed by atoms with Gasteiger partial charge in [-0.25, -0.2) is 0 Å². The molecule has 1 heterocycles. The fourth-order valence-electron chi connectivity index (χ4n) is 1.75. The molecule has 0 radical (unpaired) electrons. The molecule has 1 saturated carbocycles. The molecular formula is C13H15N3OS. The molecule has 0 bridgehead atoms. The predicted molar refractivity (Wildman–Crippen MR) is 71.4 cm³/mol. The Labute approximate surface area is 110 Å². The maximum Gasteiger partial charge on any atom is 0.237 e. The Morgan fingerprint density at radius 1 is 1.44 bits per heavy atom. The summed E-state index contributed by atoms with van der Waals surface area (Å²) < 4.78 is 5.24. The minimum atomic E-state index is 0.543. The van der Waals surface area contributed by atoms with E-state index in [0.717, 1.165) is 11.5 Å². The third-order valence-corrected chi connectivity index (χ3v) is 4.13. The fraction of sp³-hybridized carbons (Fsp3) is 0.385. The maximum atomic E-state index is 5.78. The van der Waals surface area contributed by atoms with E-state index in [9.17, 15) is 0 Å². The number of hydrogen-bond donors (Lipinski definition) is 1. The topological polar surface area (TPSA) is 64.9 Å². The third kappa shape index (κ3) is 2.51. The van der Waals surface area contributed by atoms with E-state index in [1.807, 2.05) is 18.2 Å². The van der Waals surface area contributed by atoms with E-state index < -0.39 is 0 Å². The summed E-state index contributed by atoms with van der Waals surface area (Å²) >= 11 is 1.68. The fourth-order valence-corrected chi connectivity index (χ4v) is 2.66. The minimum Gasteiger partial charge on any atom is -0.399 e. The van der Waals surface area contributed by atoms with E-state index in [0.29, 0.717) is 17.6 Å². The van der Waals surface area contributed by atoms with Crippen molar-refractivity contribution in [3.05, 3.63) is 35.5 Å². The van der Waals surface area contributed by atoms with Crippen LogP contribution < -0.4 is 5.73 Å². The monoisotopic (exact) mass is 261 g/mol. The summed E-state index contributed by atoms with van der Waals surface area (Å²) in [5.74, 6) is 2.81. The quantitative estimate of drug-likeness (QED) is 0.676. The van der Waals surface area contributed by atoms with Crippen molar-refractivity contribution in [3.63, 3.8) is 0 Å². The molecule has 0 unspecified atom stereocenters. The molecule has 5 heteroatoms. The average molecular weight is 261 g/mol. The van der Waals surface area contributed by atoms with Gasteiger partial charge in [-0.15, -0.1) is 11.8 Å². The Bertz CT molecular complexity index is 563. The Kier molecular flexibility index (Phi) is 2.99. The molecule has 0 amide bonds. The Morgan fingerprint density at radius 2 is 2.28 bits per heavy atom. The van der Waals surface area contributed by atoms with Gasteiger partial charge in [-0.3, -0.25) is 0 Å². The lowest BCUT2D eigenvalue weighted by Gasteiger charge is -2.04. The summed E-state index contributed by atoms with van der Waals surface area (Å²) in [6, 6.07) is 5.93. The minimum absolute atomic E-state index is 0.543. The number of rotatable bonds is 4. The molecule has 0 spiro atoms. The van der Waals surface area contributed by atoms with Crippen LogP contribution in [0.25, 0.3) is 0 Å². The number of nitrogens with zero attached hydrogens (tertiary/aromatic N) is 2. The van der Waals surface area contributed by atoms with Crippen molar-refractivity contribution in [3.8, 4) is 0 Å². The van der Waals surface area contributed by atoms with Crippen molar-refractivity contribution < 1.29 is 4.52 Å². The highest BCUT2D eigenvalue weighted by atomic mass is 32.2. The first-order chi connectivity index (χ1) is 8.72. The van der Waals surface area contributed by atoms with Crippen molar-refractivity contribution >= 4 is 17.4 Å². The lowest BCUT2D eigenvalue weighted by atomic mass is 10.2. The predicted octanol–water partition coefficient (Wildman–Crippen LogP) is 3.13. The van der Waals surface area contributed by atoms with Crippen LogP contribution in [-0.2, 0) is 5.75 Å². The van der Waals surface area contributed by atoms with Crippen LogP contribution in [0, 0.1) is 6.92 Å². The molecule has 1 fully saturated rings. The van der Waals surface area contributed by atoms with Crippen LogP contribution in [0.15, 0.2) is 27.6 Å². The van der Waals surface area contributed by atoms with Gasteiger partial charge in [0.15, 0.2) is 5.82 Å². The van der Waals surface area contributed by atoms with E-state index in [4.69, 9.17) is 10.3 Å². The van der Waals surface area contributed by atoms with Crippen molar-refractivity contribution in [2.45, 2.75) is 36.3 Å². The van der Waals surface area contributed by atoms with Gasteiger partial charge in [0, 0.05) is 16.5 Å². The lowest BCUT2D eigenvalue weighted by Crippen LogP contribution is -1.88. The summed E-state index contributed by atoms with van der Waals surface area (Å²) in [5.41, 5.74) is 7.79. The molecule has 2 aromatic rings. The maximum absolute atomic E-state index is 5.78. The van der Waals surface area contributed by atoms with Crippen LogP contribution in [0.2, 0.25) is 0 Å². The molecule has 1 aromatic carbocycles. The molecule has 18 heavy (non-hydrogen) atoms. The normalized spacial score (nSPS) is 14.9. The SMILES string of the molecule is Cc1ccc(N)cc1SCc1nc(C2CC2)no1. The number of aromatic nitrogens is 2. The first kappa shape index (κ1) is 11.6. The highest BCUT2D eigenvalue weighted by Gasteiger charge is 2.28. The highest BCUT2D eigenvalue weighted by molar-refractivity contribution is 7.98. The Morgan fingerprint density at radius 3 is 3.06 bits per heavy atom. The van der Waals surface area contributed by atoms with Gasteiger partial charge in [-0.2, -0.15) is 4.98 Å². The first-order valence-corrected chi connectivity index (χ1v) is 7.02. The van der Waals surface area contributed by atoms with Crippen LogP contribution in [0.4, 0.5) is 5.69 Å². The van der Waals surface area contributed by atoms with Gasteiger partial charge >= 0.3 is 0 Å². The standard InChI is InChI=1S/C13H15N3OS/c1-8-2-5-10(14)6-11(8)18-7-12-15-13(16-17-12)9-3-4-9/h2,5-6,9H,3-4,7,14H2,1H3. The van der Waals surface area contributed by atoms with Gasteiger partial charge in [0.2, 0.25) is 5.89 Å².